The van der Waals surface area contributed by atoms with E-state index in [1.165, 1.54) is 31.0 Å². The molecule has 1 N–H and O–H groups in total. The molecular weight excluding hydrogens is 408 g/mol. The Kier molecular flexibility index (Phi) is 6.25. The molecule has 29 heavy (non-hydrogen) atoms. The minimum absolute atomic E-state index is 0.126. The largest absolute Gasteiger partial charge is 0.461 e. The highest BCUT2D eigenvalue weighted by atomic mass is 35.5. The first-order valence-corrected chi connectivity index (χ1v) is 11.2. The van der Waals surface area contributed by atoms with E-state index in [9.17, 15) is 4.79 Å². The lowest BCUT2D eigenvalue weighted by atomic mass is 9.95. The maximum absolute atomic E-state index is 12.5. The molecule has 1 aromatic carbocycles. The van der Waals surface area contributed by atoms with Gasteiger partial charge in [0.05, 0.1) is 22.7 Å². The zero-order valence-electron chi connectivity index (χ0n) is 16.2. The quantitative estimate of drug-likeness (QED) is 0.505. The third kappa shape index (κ3) is 4.67. The Bertz CT molecular complexity index is 981. The number of nitrogens with zero attached hydrogens (tertiary/aromatic N) is 3. The van der Waals surface area contributed by atoms with Gasteiger partial charge in [0, 0.05) is 6.04 Å². The molecule has 1 saturated carbocycles. The second kappa shape index (κ2) is 9.05. The molecule has 0 unspecified atom stereocenters. The summed E-state index contributed by atoms with van der Waals surface area (Å²) in [5, 5.41) is 12.9. The summed E-state index contributed by atoms with van der Waals surface area (Å²) in [6.07, 6.45) is 7.46. The number of aromatic nitrogens is 3. The number of carbonyl (C=O) groups excluding carboxylic acids is 1. The van der Waals surface area contributed by atoms with Crippen molar-refractivity contribution in [3.63, 3.8) is 0 Å². The van der Waals surface area contributed by atoms with Crippen molar-refractivity contribution < 1.29 is 9.21 Å². The average molecular weight is 431 g/mol. The molecule has 8 heteroatoms. The number of carbonyl (C=O) groups is 1. The number of anilines is 1. The smallest absolute Gasteiger partial charge is 0.234 e. The summed E-state index contributed by atoms with van der Waals surface area (Å²) in [4.78, 5) is 12.5. The van der Waals surface area contributed by atoms with Crippen LogP contribution in [0.15, 0.2) is 46.2 Å². The molecule has 1 amide bonds. The van der Waals surface area contributed by atoms with E-state index < -0.39 is 0 Å². The van der Waals surface area contributed by atoms with E-state index in [4.69, 9.17) is 16.0 Å². The van der Waals surface area contributed by atoms with E-state index >= 15 is 0 Å². The van der Waals surface area contributed by atoms with Gasteiger partial charge in [-0.1, -0.05) is 48.7 Å². The summed E-state index contributed by atoms with van der Waals surface area (Å²) < 4.78 is 7.71. The molecule has 0 atom stereocenters. The standard InChI is InChI=1S/C21H23ClN4O2S/c1-14-9-10-17(16(22)12-14)23-19(27)13-29-21-25-24-20(18-8-5-11-28-18)26(21)15-6-3-2-4-7-15/h5,8-12,15H,2-4,6-7,13H2,1H3,(H,23,27). The summed E-state index contributed by atoms with van der Waals surface area (Å²) in [5.41, 5.74) is 1.67. The van der Waals surface area contributed by atoms with Gasteiger partial charge < -0.3 is 9.73 Å². The number of furan rings is 1. The normalized spacial score (nSPS) is 14.8. The van der Waals surface area contributed by atoms with Crippen molar-refractivity contribution in [2.24, 2.45) is 0 Å². The minimum Gasteiger partial charge on any atom is -0.461 e. The molecular formula is C21H23ClN4O2S. The number of halogens is 1. The molecule has 2 aromatic heterocycles. The van der Waals surface area contributed by atoms with Gasteiger partial charge in [-0.3, -0.25) is 9.36 Å². The Morgan fingerprint density at radius 3 is 2.83 bits per heavy atom. The van der Waals surface area contributed by atoms with Gasteiger partial charge in [0.1, 0.15) is 0 Å². The molecule has 152 valence electrons. The second-order valence-electron chi connectivity index (χ2n) is 7.27. The highest BCUT2D eigenvalue weighted by Crippen LogP contribution is 2.35. The van der Waals surface area contributed by atoms with Crippen LogP contribution in [-0.4, -0.2) is 26.4 Å². The van der Waals surface area contributed by atoms with Crippen LogP contribution in [0.25, 0.3) is 11.6 Å². The van der Waals surface area contributed by atoms with E-state index in [2.05, 4.69) is 20.1 Å². The third-order valence-electron chi connectivity index (χ3n) is 5.08. The summed E-state index contributed by atoms with van der Waals surface area (Å²) >= 11 is 7.61. The van der Waals surface area contributed by atoms with Crippen LogP contribution >= 0.6 is 23.4 Å². The van der Waals surface area contributed by atoms with Gasteiger partial charge >= 0.3 is 0 Å². The molecule has 0 radical (unpaired) electrons. The van der Waals surface area contributed by atoms with Crippen molar-refractivity contribution in [1.82, 2.24) is 14.8 Å². The highest BCUT2D eigenvalue weighted by Gasteiger charge is 2.25. The van der Waals surface area contributed by atoms with Crippen molar-refractivity contribution in [3.05, 3.63) is 47.2 Å². The molecule has 0 aliphatic heterocycles. The minimum atomic E-state index is -0.126. The first-order chi connectivity index (χ1) is 14.1. The molecule has 0 bridgehead atoms. The van der Waals surface area contributed by atoms with Crippen LogP contribution < -0.4 is 5.32 Å². The van der Waals surface area contributed by atoms with Gasteiger partial charge in [0.15, 0.2) is 10.9 Å². The van der Waals surface area contributed by atoms with E-state index in [1.807, 2.05) is 37.3 Å². The monoisotopic (exact) mass is 430 g/mol. The Morgan fingerprint density at radius 2 is 2.10 bits per heavy atom. The van der Waals surface area contributed by atoms with Crippen molar-refractivity contribution in [3.8, 4) is 11.6 Å². The summed E-state index contributed by atoms with van der Waals surface area (Å²) in [6, 6.07) is 9.64. The van der Waals surface area contributed by atoms with Crippen LogP contribution in [0.4, 0.5) is 5.69 Å². The topological polar surface area (TPSA) is 73.0 Å². The number of benzene rings is 1. The molecule has 0 spiro atoms. The number of hydrogen-bond donors (Lipinski definition) is 1. The third-order valence-corrected chi connectivity index (χ3v) is 6.33. The maximum atomic E-state index is 12.5. The Balaban J connectivity index is 1.50. The van der Waals surface area contributed by atoms with Crippen LogP contribution in [0.5, 0.6) is 0 Å². The van der Waals surface area contributed by atoms with Crippen molar-refractivity contribution in [2.45, 2.75) is 50.2 Å². The molecule has 1 aliphatic carbocycles. The van der Waals surface area contributed by atoms with Crippen LogP contribution in [0.2, 0.25) is 5.02 Å². The Morgan fingerprint density at radius 1 is 1.28 bits per heavy atom. The highest BCUT2D eigenvalue weighted by molar-refractivity contribution is 7.99. The van der Waals surface area contributed by atoms with Crippen molar-refractivity contribution in [2.75, 3.05) is 11.1 Å². The lowest BCUT2D eigenvalue weighted by molar-refractivity contribution is -0.113. The van der Waals surface area contributed by atoms with Gasteiger partial charge in [-0.25, -0.2) is 0 Å². The molecule has 1 aliphatic rings. The lowest BCUT2D eigenvalue weighted by Crippen LogP contribution is -2.17. The number of hydrogen-bond acceptors (Lipinski definition) is 5. The lowest BCUT2D eigenvalue weighted by Gasteiger charge is -2.25. The van der Waals surface area contributed by atoms with Gasteiger partial charge in [-0.15, -0.1) is 10.2 Å². The summed E-state index contributed by atoms with van der Waals surface area (Å²) in [5.74, 6) is 1.53. The molecule has 4 rings (SSSR count). The molecule has 0 saturated heterocycles. The number of rotatable bonds is 6. The molecule has 3 aromatic rings. The number of amides is 1. The van der Waals surface area contributed by atoms with E-state index in [0.29, 0.717) is 22.5 Å². The second-order valence-corrected chi connectivity index (χ2v) is 8.62. The fraction of sp³-hybridized carbons (Fsp3) is 0.381. The van der Waals surface area contributed by atoms with E-state index in [1.54, 1.807) is 6.26 Å². The van der Waals surface area contributed by atoms with Crippen LogP contribution in [-0.2, 0) is 4.79 Å². The van der Waals surface area contributed by atoms with Crippen molar-refractivity contribution in [1.29, 1.82) is 0 Å². The SMILES string of the molecule is Cc1ccc(NC(=O)CSc2nnc(-c3ccco3)n2C2CCCCC2)c(Cl)c1. The molecule has 2 heterocycles. The van der Waals surface area contributed by atoms with Gasteiger partial charge in [-0.05, 0) is 49.6 Å². The van der Waals surface area contributed by atoms with Gasteiger partial charge in [0.25, 0.3) is 0 Å². The number of thioether (sulfide) groups is 1. The fourth-order valence-corrected chi connectivity index (χ4v) is 4.74. The Labute approximate surface area is 179 Å². The van der Waals surface area contributed by atoms with E-state index in [-0.39, 0.29) is 11.7 Å². The first kappa shape index (κ1) is 20.0. The zero-order chi connectivity index (χ0) is 20.2. The predicted molar refractivity (Wildman–Crippen MR) is 115 cm³/mol. The number of aryl methyl sites for hydroxylation is 1. The number of nitrogens with one attached hydrogen (secondary N) is 1. The maximum Gasteiger partial charge on any atom is 0.234 e. The zero-order valence-corrected chi connectivity index (χ0v) is 17.8. The average Bonchev–Trinajstić information content (AvgIpc) is 3.38. The summed E-state index contributed by atoms with van der Waals surface area (Å²) in [7, 11) is 0. The van der Waals surface area contributed by atoms with Gasteiger partial charge in [0.2, 0.25) is 11.7 Å². The summed E-state index contributed by atoms with van der Waals surface area (Å²) in [6.45, 7) is 1.96. The van der Waals surface area contributed by atoms with Crippen LogP contribution in [0, 0.1) is 6.92 Å². The van der Waals surface area contributed by atoms with Gasteiger partial charge in [-0.2, -0.15) is 0 Å². The fourth-order valence-electron chi connectivity index (χ4n) is 3.66. The Hall–Kier alpha value is -2.25. The first-order valence-electron chi connectivity index (χ1n) is 9.79. The van der Waals surface area contributed by atoms with Crippen LogP contribution in [0.1, 0.15) is 43.7 Å². The predicted octanol–water partition coefficient (Wildman–Crippen LogP) is 5.74. The van der Waals surface area contributed by atoms with Crippen LogP contribution in [0.3, 0.4) is 0 Å². The molecule has 6 nitrogen and oxygen atoms in total. The van der Waals surface area contributed by atoms with E-state index in [0.717, 1.165) is 29.4 Å². The molecule has 1 fully saturated rings. The van der Waals surface area contributed by atoms with Crippen molar-refractivity contribution >= 4 is 35.0 Å².